The van der Waals surface area contributed by atoms with Crippen LogP contribution in [0.3, 0.4) is 0 Å². The normalized spacial score (nSPS) is 14.9. The van der Waals surface area contributed by atoms with E-state index >= 15 is 0 Å². The smallest absolute Gasteiger partial charge is 0.850 e. The van der Waals surface area contributed by atoms with Gasteiger partial charge < -0.3 is 34.3 Å². The van der Waals surface area contributed by atoms with Gasteiger partial charge in [-0.1, -0.05) is 99.6 Å². The Bertz CT molecular complexity index is 2610. The van der Waals surface area contributed by atoms with E-state index in [-0.39, 0.29) is 111 Å². The molecule has 0 aliphatic carbocycles. The van der Waals surface area contributed by atoms with Crippen LogP contribution in [0, 0.1) is 20.2 Å². The second-order valence-corrected chi connectivity index (χ2v) is 17.3. The van der Waals surface area contributed by atoms with Crippen LogP contribution in [-0.4, -0.2) is 78.6 Å². The maximum absolute atomic E-state index is 13.3. The number of nitro groups is 2. The minimum atomic E-state index is -3.96. The second kappa shape index (κ2) is 23.5. The van der Waals surface area contributed by atoms with Gasteiger partial charge in [0.15, 0.2) is 45.0 Å². The molecule has 0 unspecified atom stereocenters. The fourth-order valence-corrected chi connectivity index (χ4v) is 8.10. The molecule has 2 atom stereocenters. The topological polar surface area (TPSA) is 221 Å². The van der Waals surface area contributed by atoms with E-state index in [1.54, 1.807) is 57.2 Å². The molecule has 2 aliphatic rings. The van der Waals surface area contributed by atoms with Gasteiger partial charge in [0, 0.05) is 23.4 Å². The van der Waals surface area contributed by atoms with Crippen molar-refractivity contribution in [2.24, 2.45) is 0 Å². The second-order valence-electron chi connectivity index (χ2n) is 14.9. The van der Waals surface area contributed by atoms with Crippen LogP contribution in [0.2, 0.25) is 0 Å². The molecule has 15 nitrogen and oxygen atoms in total. The Labute approximate surface area is 412 Å². The Hall–Kier alpha value is -4.40. The van der Waals surface area contributed by atoms with Crippen molar-refractivity contribution in [1.82, 2.24) is 0 Å². The summed E-state index contributed by atoms with van der Waals surface area (Å²) in [5.74, 6) is 1.01. The predicted octanol–water partition coefficient (Wildman–Crippen LogP) is 4.35. The summed E-state index contributed by atoms with van der Waals surface area (Å²) in [7, 11) is -3.96. The summed E-state index contributed by atoms with van der Waals surface area (Å²) in [5, 5.41) is 54.3. The Morgan fingerprint density at radius 1 is 0.714 bits per heavy atom. The van der Waals surface area contributed by atoms with Crippen LogP contribution in [-0.2, 0) is 22.0 Å². The number of non-ortho nitro benzene ring substituents is 1. The molecular weight excluding hydrogens is 883 g/mol. The first-order valence-corrected chi connectivity index (χ1v) is 21.5. The number of hydrogen-bond donors (Lipinski definition) is 2. The Balaban J connectivity index is 0.000000214. The Morgan fingerprint density at radius 3 is 1.86 bits per heavy atom. The number of nitrogens with zero attached hydrogens (tertiary/aromatic N) is 2. The van der Waals surface area contributed by atoms with Crippen molar-refractivity contribution in [2.45, 2.75) is 55.6 Å². The van der Waals surface area contributed by atoms with E-state index in [0.717, 1.165) is 11.8 Å². The summed E-state index contributed by atoms with van der Waals surface area (Å²) in [5.41, 5.74) is 0.0531. The fraction of sp³-hybridized carbons (Fsp3) is 0.289. The molecule has 0 fully saturated rings. The first kappa shape index (κ1) is 51.2. The summed E-state index contributed by atoms with van der Waals surface area (Å²) in [6, 6.07) is 33.4. The number of aryl methyl sites for hydroxylation is 1. The number of aliphatic hydroxyl groups is 2. The molecule has 2 heterocycles. The van der Waals surface area contributed by atoms with Crippen molar-refractivity contribution in [1.29, 1.82) is 0 Å². The molecule has 6 aromatic carbocycles. The monoisotopic (exact) mass is 928 g/mol. The van der Waals surface area contributed by atoms with Crippen LogP contribution >= 0.6 is 11.6 Å². The maximum Gasteiger partial charge on any atom is 1.00 e. The van der Waals surface area contributed by atoms with Crippen molar-refractivity contribution < 1.29 is 104 Å². The SMILES string of the molecule is CC(C)(C)[O-].ClCCc1cccc2ccccc12.O=[N+]([O-])c1ccc2c(c1)O[C@@H](CO)CO2.O=[N+]([O-])c1ccc2c(c1CS(=O)(=O)c1cccc3ccccc13)O[C@H](CO)CO2.[K+]. The van der Waals surface area contributed by atoms with Gasteiger partial charge >= 0.3 is 51.4 Å². The molecule has 0 saturated heterocycles. The largest absolute Gasteiger partial charge is 1.00 e. The number of ether oxygens (including phenoxy) is 4. The minimum absolute atomic E-state index is 0. The van der Waals surface area contributed by atoms with E-state index in [0.29, 0.717) is 22.8 Å². The van der Waals surface area contributed by atoms with E-state index in [9.17, 15) is 38.9 Å². The molecule has 0 aromatic heterocycles. The maximum atomic E-state index is 13.3. The Morgan fingerprint density at radius 2 is 1.25 bits per heavy atom. The molecule has 0 spiro atoms. The van der Waals surface area contributed by atoms with Gasteiger partial charge in [-0.3, -0.25) is 20.2 Å². The molecule has 6 aromatic rings. The van der Waals surface area contributed by atoms with Gasteiger partial charge in [0.25, 0.3) is 11.4 Å². The molecule has 8 rings (SSSR count). The van der Waals surface area contributed by atoms with Gasteiger partial charge in [-0.25, -0.2) is 8.42 Å². The summed E-state index contributed by atoms with van der Waals surface area (Å²) in [6.45, 7) is 4.67. The van der Waals surface area contributed by atoms with Gasteiger partial charge in [-0.15, -0.1) is 17.2 Å². The van der Waals surface area contributed by atoms with Gasteiger partial charge in [0.2, 0.25) is 0 Å². The number of nitro benzene ring substituents is 2. The van der Waals surface area contributed by atoms with Gasteiger partial charge in [0.1, 0.15) is 13.2 Å². The third-order valence-corrected chi connectivity index (χ3v) is 10.9. The van der Waals surface area contributed by atoms with Crippen molar-refractivity contribution in [2.75, 3.05) is 32.3 Å². The molecule has 18 heteroatoms. The first-order valence-electron chi connectivity index (χ1n) is 19.4. The summed E-state index contributed by atoms with van der Waals surface area (Å²) in [4.78, 5) is 21.0. The zero-order valence-corrected chi connectivity index (χ0v) is 39.8. The molecule has 0 radical (unpaired) electrons. The standard InChI is InChI=1S/C20H17NO7S.C12H11Cl.C9H9NO5.C4H9O.K/c22-10-14-11-27-18-9-8-17(21(23)24)16(20(18)28-14)12-29(25,26)19-7-3-5-13-4-1-2-6-15(13)19;13-9-8-11-6-3-5-10-4-1-2-7-12(10)11;11-4-7-5-14-8-2-1-6(10(12)13)3-9(8)15-7;1-4(2,3)5;/h1-9,14,22H,10-12H2;1-7H,8-9H2;1-3,7,11H,4-5H2;1-3H3;/q;;;-1;+1/t14-;;7-;;/m1.0../s1. The molecule has 2 N–H and O–H groups in total. The zero-order chi connectivity index (χ0) is 45.0. The molecule has 0 amide bonds. The quantitative estimate of drug-likeness (QED) is 0.0893. The molecular formula is C45H46ClKN2O13S. The van der Waals surface area contributed by atoms with Crippen LogP contribution in [0.1, 0.15) is 31.9 Å². The van der Waals surface area contributed by atoms with E-state index in [1.165, 1.54) is 52.7 Å². The van der Waals surface area contributed by atoms with E-state index in [4.69, 9.17) is 35.7 Å². The fourth-order valence-electron chi connectivity index (χ4n) is 6.28. The van der Waals surface area contributed by atoms with Gasteiger partial charge in [-0.2, -0.15) is 0 Å². The third-order valence-electron chi connectivity index (χ3n) is 9.03. The number of fused-ring (bicyclic) bond motifs is 4. The van der Waals surface area contributed by atoms with Crippen LogP contribution in [0.25, 0.3) is 21.5 Å². The summed E-state index contributed by atoms with van der Waals surface area (Å²) >= 11 is 5.74. The average molecular weight is 929 g/mol. The molecule has 328 valence electrons. The van der Waals surface area contributed by atoms with Crippen molar-refractivity contribution in [3.05, 3.63) is 147 Å². The minimum Gasteiger partial charge on any atom is -0.850 e. The van der Waals surface area contributed by atoms with E-state index in [2.05, 4.69) is 42.5 Å². The van der Waals surface area contributed by atoms with E-state index in [1.807, 2.05) is 0 Å². The van der Waals surface area contributed by atoms with Gasteiger partial charge in [0.05, 0.1) is 45.3 Å². The third kappa shape index (κ3) is 14.3. The number of halogens is 1. The number of alkyl halides is 1. The number of hydrogen-bond acceptors (Lipinski definition) is 13. The Kier molecular flexibility index (Phi) is 19.1. The molecule has 0 saturated carbocycles. The molecule has 0 bridgehead atoms. The summed E-state index contributed by atoms with van der Waals surface area (Å²) < 4.78 is 48.2. The summed E-state index contributed by atoms with van der Waals surface area (Å²) in [6.07, 6.45) is -0.244. The predicted molar refractivity (Wildman–Crippen MR) is 233 cm³/mol. The van der Waals surface area contributed by atoms with Crippen LogP contribution < -0.4 is 75.4 Å². The number of aliphatic hydroxyl groups excluding tert-OH is 2. The number of benzene rings is 6. The first-order chi connectivity index (χ1) is 29.5. The molecule has 63 heavy (non-hydrogen) atoms. The van der Waals surface area contributed by atoms with E-state index < -0.39 is 43.2 Å². The van der Waals surface area contributed by atoms with Crippen LogP contribution in [0.4, 0.5) is 11.4 Å². The van der Waals surface area contributed by atoms with Crippen LogP contribution in [0.15, 0.2) is 120 Å². The number of sulfone groups is 1. The van der Waals surface area contributed by atoms with Crippen molar-refractivity contribution in [3.8, 4) is 23.0 Å². The molecule has 2 aliphatic heterocycles. The zero-order valence-electron chi connectivity index (χ0n) is 35.1. The van der Waals surface area contributed by atoms with Crippen molar-refractivity contribution >= 4 is 54.4 Å². The average Bonchev–Trinajstić information content (AvgIpc) is 3.25. The van der Waals surface area contributed by atoms with Gasteiger partial charge in [-0.05, 0) is 46.3 Å². The van der Waals surface area contributed by atoms with Crippen molar-refractivity contribution in [3.63, 3.8) is 0 Å². The van der Waals surface area contributed by atoms with Crippen LogP contribution in [0.5, 0.6) is 23.0 Å². The number of rotatable bonds is 9.